The van der Waals surface area contributed by atoms with Crippen molar-refractivity contribution in [1.82, 2.24) is 10.2 Å². The molecule has 0 saturated heterocycles. The molecule has 140 valence electrons. The Hall–Kier alpha value is -3.07. The lowest BCUT2D eigenvalue weighted by Crippen LogP contribution is -2.43. The molecule has 2 atom stereocenters. The monoisotopic (exact) mass is 365 g/mol. The molecule has 1 aromatic carbocycles. The minimum atomic E-state index is -0.312. The number of amides is 2. The van der Waals surface area contributed by atoms with Gasteiger partial charge in [-0.05, 0) is 63.6 Å². The highest BCUT2D eigenvalue weighted by molar-refractivity contribution is 5.95. The molecule has 27 heavy (non-hydrogen) atoms. The number of hydrogen-bond donors (Lipinski definition) is 1. The summed E-state index contributed by atoms with van der Waals surface area (Å²) >= 11 is 0. The summed E-state index contributed by atoms with van der Waals surface area (Å²) in [6, 6.07) is 12.0. The van der Waals surface area contributed by atoms with E-state index in [1.807, 2.05) is 32.9 Å². The van der Waals surface area contributed by atoms with E-state index >= 15 is 0 Å². The average molecular weight is 365 g/mol. The first-order valence-electron chi connectivity index (χ1n) is 8.94. The van der Waals surface area contributed by atoms with Gasteiger partial charge in [-0.15, -0.1) is 0 Å². The number of nitriles is 1. The smallest absolute Gasteiger partial charge is 0.254 e. The molecule has 0 aliphatic heterocycles. The van der Waals surface area contributed by atoms with Gasteiger partial charge in [-0.3, -0.25) is 9.59 Å². The Bertz CT molecular complexity index is 858. The van der Waals surface area contributed by atoms with Crippen LogP contribution in [-0.4, -0.2) is 28.3 Å². The summed E-state index contributed by atoms with van der Waals surface area (Å²) in [7, 11) is 0. The van der Waals surface area contributed by atoms with Gasteiger partial charge in [0.05, 0.1) is 30.4 Å². The van der Waals surface area contributed by atoms with E-state index in [-0.39, 0.29) is 29.3 Å². The second kappa shape index (κ2) is 7.28. The van der Waals surface area contributed by atoms with Crippen molar-refractivity contribution in [2.75, 3.05) is 0 Å². The summed E-state index contributed by atoms with van der Waals surface area (Å²) in [5, 5.41) is 11.9. The van der Waals surface area contributed by atoms with Crippen LogP contribution in [0.2, 0.25) is 0 Å². The van der Waals surface area contributed by atoms with E-state index < -0.39 is 0 Å². The molecule has 6 heteroatoms. The standard InChI is InChI=1S/C21H23N3O3/c1-21(2,3)23-19(25)17-11-18(17)24(13-16-5-4-10-27-16)20(26)15-8-6-14(12-22)7-9-15/h4-10,17-18H,11,13H2,1-3H3,(H,23,25)/t17-,18-/m1/s1. The van der Waals surface area contributed by atoms with E-state index in [9.17, 15) is 9.59 Å². The third-order valence-corrected chi connectivity index (χ3v) is 4.42. The fourth-order valence-electron chi connectivity index (χ4n) is 3.03. The Balaban J connectivity index is 1.78. The maximum absolute atomic E-state index is 13.1. The summed E-state index contributed by atoms with van der Waals surface area (Å²) < 4.78 is 5.40. The molecule has 0 spiro atoms. The van der Waals surface area contributed by atoms with Gasteiger partial charge in [0.2, 0.25) is 5.91 Å². The van der Waals surface area contributed by atoms with Crippen molar-refractivity contribution < 1.29 is 14.0 Å². The number of carbonyl (C=O) groups is 2. The molecule has 0 bridgehead atoms. The highest BCUT2D eigenvalue weighted by atomic mass is 16.3. The highest BCUT2D eigenvalue weighted by Crippen LogP contribution is 2.38. The quantitative estimate of drug-likeness (QED) is 0.882. The SMILES string of the molecule is CC(C)(C)NC(=O)[C@@H]1C[C@H]1N(Cc1ccco1)C(=O)c1ccc(C#N)cc1. The molecular weight excluding hydrogens is 342 g/mol. The molecular formula is C21H23N3O3. The van der Waals surface area contributed by atoms with Crippen molar-refractivity contribution in [3.8, 4) is 6.07 Å². The maximum Gasteiger partial charge on any atom is 0.254 e. The van der Waals surface area contributed by atoms with Crippen molar-refractivity contribution in [3.05, 3.63) is 59.5 Å². The third-order valence-electron chi connectivity index (χ3n) is 4.42. The van der Waals surface area contributed by atoms with Gasteiger partial charge in [0.25, 0.3) is 5.91 Å². The Labute approximate surface area is 158 Å². The minimum Gasteiger partial charge on any atom is -0.467 e. The van der Waals surface area contributed by atoms with Crippen molar-refractivity contribution >= 4 is 11.8 Å². The van der Waals surface area contributed by atoms with Gasteiger partial charge in [0, 0.05) is 17.1 Å². The van der Waals surface area contributed by atoms with Crippen molar-refractivity contribution in [2.45, 2.75) is 45.3 Å². The molecule has 2 amide bonds. The Morgan fingerprint density at radius 3 is 2.52 bits per heavy atom. The van der Waals surface area contributed by atoms with Crippen molar-refractivity contribution in [1.29, 1.82) is 5.26 Å². The zero-order valence-electron chi connectivity index (χ0n) is 15.7. The normalized spacial score (nSPS) is 18.4. The Morgan fingerprint density at radius 1 is 1.26 bits per heavy atom. The second-order valence-corrected chi connectivity index (χ2v) is 7.85. The maximum atomic E-state index is 13.1. The number of nitrogens with one attached hydrogen (secondary N) is 1. The van der Waals surface area contributed by atoms with Crippen LogP contribution in [0.15, 0.2) is 47.1 Å². The molecule has 1 saturated carbocycles. The summed E-state index contributed by atoms with van der Waals surface area (Å²) in [5.74, 6) is 0.233. The van der Waals surface area contributed by atoms with Crippen LogP contribution in [0.25, 0.3) is 0 Å². The van der Waals surface area contributed by atoms with Gasteiger partial charge >= 0.3 is 0 Å². The number of furan rings is 1. The molecule has 0 radical (unpaired) electrons. The summed E-state index contributed by atoms with van der Waals surface area (Å²) in [4.78, 5) is 27.2. The molecule has 1 aromatic heterocycles. The van der Waals surface area contributed by atoms with Crippen LogP contribution in [-0.2, 0) is 11.3 Å². The molecule has 1 N–H and O–H groups in total. The van der Waals surface area contributed by atoms with Gasteiger partial charge in [-0.2, -0.15) is 5.26 Å². The largest absolute Gasteiger partial charge is 0.467 e. The zero-order valence-corrected chi connectivity index (χ0v) is 15.7. The van der Waals surface area contributed by atoms with Crippen molar-refractivity contribution in [3.63, 3.8) is 0 Å². The molecule has 0 unspecified atom stereocenters. The summed E-state index contributed by atoms with van der Waals surface area (Å²) in [6.07, 6.45) is 2.20. The predicted molar refractivity (Wildman–Crippen MR) is 99.5 cm³/mol. The van der Waals surface area contributed by atoms with Crippen molar-refractivity contribution in [2.24, 2.45) is 5.92 Å². The minimum absolute atomic E-state index is 0.0374. The van der Waals surface area contributed by atoms with E-state index in [2.05, 4.69) is 5.32 Å². The fraction of sp³-hybridized carbons (Fsp3) is 0.381. The zero-order chi connectivity index (χ0) is 19.6. The first kappa shape index (κ1) is 18.7. The van der Waals surface area contributed by atoms with Crippen LogP contribution < -0.4 is 5.32 Å². The lowest BCUT2D eigenvalue weighted by Gasteiger charge is -2.24. The fourth-order valence-corrected chi connectivity index (χ4v) is 3.03. The Morgan fingerprint density at radius 2 is 1.96 bits per heavy atom. The molecule has 1 fully saturated rings. The molecule has 1 aliphatic carbocycles. The molecule has 2 aromatic rings. The topological polar surface area (TPSA) is 86.3 Å². The predicted octanol–water partition coefficient (Wildman–Crippen LogP) is 3.10. The average Bonchev–Trinajstić information content (AvgIpc) is 3.25. The van der Waals surface area contributed by atoms with Crippen LogP contribution >= 0.6 is 0 Å². The molecule has 1 heterocycles. The molecule has 6 nitrogen and oxygen atoms in total. The lowest BCUT2D eigenvalue weighted by molar-refractivity contribution is -0.124. The van der Waals surface area contributed by atoms with Crippen LogP contribution in [0.1, 0.15) is 48.9 Å². The highest BCUT2D eigenvalue weighted by Gasteiger charge is 2.49. The van der Waals surface area contributed by atoms with Gasteiger partial charge in [-0.1, -0.05) is 0 Å². The first-order valence-corrected chi connectivity index (χ1v) is 8.94. The number of benzene rings is 1. The number of rotatable bonds is 5. The van der Waals surface area contributed by atoms with E-state index in [0.717, 1.165) is 0 Å². The molecule has 3 rings (SSSR count). The number of nitrogens with zero attached hydrogens (tertiary/aromatic N) is 2. The van der Waals surface area contributed by atoms with Gasteiger partial charge in [0.15, 0.2) is 0 Å². The van der Waals surface area contributed by atoms with Crippen LogP contribution in [0.3, 0.4) is 0 Å². The van der Waals surface area contributed by atoms with E-state index in [1.54, 1.807) is 41.5 Å². The van der Waals surface area contributed by atoms with E-state index in [4.69, 9.17) is 9.68 Å². The number of carbonyl (C=O) groups excluding carboxylic acids is 2. The van der Waals surface area contributed by atoms with Gasteiger partial charge < -0.3 is 14.6 Å². The van der Waals surface area contributed by atoms with E-state index in [0.29, 0.717) is 29.9 Å². The van der Waals surface area contributed by atoms with Crippen LogP contribution in [0, 0.1) is 17.2 Å². The summed E-state index contributed by atoms with van der Waals surface area (Å²) in [6.45, 7) is 6.11. The second-order valence-electron chi connectivity index (χ2n) is 7.85. The first-order chi connectivity index (χ1) is 12.8. The van der Waals surface area contributed by atoms with Gasteiger partial charge in [-0.25, -0.2) is 0 Å². The Kier molecular flexibility index (Phi) is 5.04. The van der Waals surface area contributed by atoms with E-state index in [1.165, 1.54) is 0 Å². The third kappa shape index (κ3) is 4.56. The van der Waals surface area contributed by atoms with Crippen LogP contribution in [0.5, 0.6) is 0 Å². The summed E-state index contributed by atoms with van der Waals surface area (Å²) in [5.41, 5.74) is 0.674. The van der Waals surface area contributed by atoms with Crippen LogP contribution in [0.4, 0.5) is 0 Å². The molecule has 1 aliphatic rings. The number of hydrogen-bond acceptors (Lipinski definition) is 4. The lowest BCUT2D eigenvalue weighted by atomic mass is 10.1. The van der Waals surface area contributed by atoms with Gasteiger partial charge in [0.1, 0.15) is 5.76 Å².